The molecule has 0 amide bonds. The zero-order valence-electron chi connectivity index (χ0n) is 18.3. The third kappa shape index (κ3) is 4.88. The van der Waals surface area contributed by atoms with Crippen molar-refractivity contribution >= 4 is 15.8 Å². The maximum atomic E-state index is 13.5. The first-order chi connectivity index (χ1) is 14.5. The molecule has 3 rings (SSSR count). The zero-order chi connectivity index (χ0) is 22.8. The summed E-state index contributed by atoms with van der Waals surface area (Å²) in [5.74, 6) is -1.39. The number of cyclic esters (lactones) is 1. The van der Waals surface area contributed by atoms with Crippen LogP contribution in [0.2, 0.25) is 0 Å². The monoisotopic (exact) mass is 437 g/mol. The van der Waals surface area contributed by atoms with Gasteiger partial charge in [-0.25, -0.2) is 13.2 Å². The van der Waals surface area contributed by atoms with Crippen molar-refractivity contribution in [3.63, 3.8) is 0 Å². The fourth-order valence-corrected chi connectivity index (χ4v) is 5.86. The van der Waals surface area contributed by atoms with Gasteiger partial charge in [0.15, 0.2) is 15.9 Å². The number of esters is 1. The molecule has 0 fully saturated rings. The summed E-state index contributed by atoms with van der Waals surface area (Å²) in [7, 11) is -3.86. The van der Waals surface area contributed by atoms with Gasteiger partial charge >= 0.3 is 5.97 Å². The van der Waals surface area contributed by atoms with Gasteiger partial charge in [-0.3, -0.25) is 0 Å². The average Bonchev–Trinajstić information content (AvgIpc) is 3.03. The molecular formula is C25H27NO4S. The van der Waals surface area contributed by atoms with E-state index in [0.717, 1.165) is 11.1 Å². The molecule has 2 aromatic carbocycles. The van der Waals surface area contributed by atoms with Crippen molar-refractivity contribution in [1.82, 2.24) is 0 Å². The van der Waals surface area contributed by atoms with Crippen LogP contribution in [0.4, 0.5) is 0 Å². The molecule has 0 radical (unpaired) electrons. The van der Waals surface area contributed by atoms with E-state index in [4.69, 9.17) is 4.74 Å². The van der Waals surface area contributed by atoms with E-state index in [-0.39, 0.29) is 28.1 Å². The first-order valence-corrected chi connectivity index (χ1v) is 11.9. The standard InChI is InChI=1S/C25H27NO4S/c1-17-23(22(30-24(17)27)19-8-6-5-7-9-19)31(28,29)16-20(14-15-26)18-10-12-21(13-11-18)25(2,3)4/h5-13,20,22H,14,16H2,1-4H3. The number of rotatable bonds is 6. The Kier molecular flexibility index (Phi) is 6.38. The molecule has 31 heavy (non-hydrogen) atoms. The highest BCUT2D eigenvalue weighted by Gasteiger charge is 2.41. The van der Waals surface area contributed by atoms with E-state index in [9.17, 15) is 18.5 Å². The predicted molar refractivity (Wildman–Crippen MR) is 120 cm³/mol. The van der Waals surface area contributed by atoms with Gasteiger partial charge in [-0.05, 0) is 29.0 Å². The number of benzene rings is 2. The van der Waals surface area contributed by atoms with Gasteiger partial charge in [0.1, 0.15) is 0 Å². The SMILES string of the molecule is CC1=C(S(=O)(=O)CC(CC#N)c2ccc(C(C)(C)C)cc2)C(c2ccccc2)OC1=O. The van der Waals surface area contributed by atoms with E-state index in [1.807, 2.05) is 30.3 Å². The van der Waals surface area contributed by atoms with Crippen molar-refractivity contribution in [1.29, 1.82) is 5.26 Å². The van der Waals surface area contributed by atoms with Gasteiger partial charge in [-0.1, -0.05) is 75.4 Å². The summed E-state index contributed by atoms with van der Waals surface area (Å²) >= 11 is 0. The molecule has 5 nitrogen and oxygen atoms in total. The number of ether oxygens (including phenoxy) is 1. The molecule has 0 saturated heterocycles. The van der Waals surface area contributed by atoms with E-state index in [0.29, 0.717) is 5.56 Å². The van der Waals surface area contributed by atoms with E-state index in [2.05, 4.69) is 26.8 Å². The van der Waals surface area contributed by atoms with Crippen LogP contribution in [-0.2, 0) is 24.8 Å². The summed E-state index contributed by atoms with van der Waals surface area (Å²) in [6.07, 6.45) is -0.893. The van der Waals surface area contributed by atoms with Crippen LogP contribution in [0.5, 0.6) is 0 Å². The Balaban J connectivity index is 1.95. The molecule has 2 aromatic rings. The molecular weight excluding hydrogens is 410 g/mol. The third-order valence-corrected chi connectivity index (χ3v) is 7.61. The highest BCUT2D eigenvalue weighted by molar-refractivity contribution is 7.95. The van der Waals surface area contributed by atoms with Crippen LogP contribution in [0.3, 0.4) is 0 Å². The Morgan fingerprint density at radius 2 is 1.68 bits per heavy atom. The van der Waals surface area contributed by atoms with Gasteiger partial charge in [-0.2, -0.15) is 5.26 Å². The number of nitrogens with zero attached hydrogens (tertiary/aromatic N) is 1. The molecule has 162 valence electrons. The van der Waals surface area contributed by atoms with Crippen LogP contribution in [0.25, 0.3) is 0 Å². The first-order valence-electron chi connectivity index (χ1n) is 10.2. The third-order valence-electron chi connectivity index (χ3n) is 5.58. The lowest BCUT2D eigenvalue weighted by Gasteiger charge is -2.21. The first kappa shape index (κ1) is 22.8. The molecule has 0 saturated carbocycles. The molecule has 0 bridgehead atoms. The Morgan fingerprint density at radius 3 is 2.23 bits per heavy atom. The number of carbonyl (C=O) groups is 1. The molecule has 2 unspecified atom stereocenters. The van der Waals surface area contributed by atoms with Crippen LogP contribution in [0, 0.1) is 11.3 Å². The Morgan fingerprint density at radius 1 is 1.06 bits per heavy atom. The largest absolute Gasteiger partial charge is 0.448 e. The minimum absolute atomic E-state index is 0.00190. The Labute approximate surface area is 184 Å². The normalized spacial score (nSPS) is 17.9. The second-order valence-electron chi connectivity index (χ2n) is 8.90. The van der Waals surface area contributed by atoms with Gasteiger partial charge in [0.05, 0.1) is 22.3 Å². The van der Waals surface area contributed by atoms with Crippen molar-refractivity contribution < 1.29 is 17.9 Å². The number of sulfone groups is 1. The van der Waals surface area contributed by atoms with E-state index in [1.165, 1.54) is 6.92 Å². The van der Waals surface area contributed by atoms with Crippen LogP contribution in [-0.4, -0.2) is 20.1 Å². The Bertz CT molecular complexity index is 1130. The van der Waals surface area contributed by atoms with Crippen LogP contribution >= 0.6 is 0 Å². The molecule has 0 N–H and O–H groups in total. The summed E-state index contributed by atoms with van der Waals surface area (Å²) in [6, 6.07) is 18.7. The van der Waals surface area contributed by atoms with Crippen molar-refractivity contribution in [2.24, 2.45) is 0 Å². The molecule has 2 atom stereocenters. The van der Waals surface area contributed by atoms with Gasteiger partial charge in [0.2, 0.25) is 0 Å². The fourth-order valence-electron chi connectivity index (χ4n) is 3.78. The highest BCUT2D eigenvalue weighted by atomic mass is 32.2. The highest BCUT2D eigenvalue weighted by Crippen LogP contribution is 2.40. The number of carbonyl (C=O) groups excluding carboxylic acids is 1. The molecule has 0 aromatic heterocycles. The second kappa shape index (κ2) is 8.68. The Hall–Kier alpha value is -2.91. The van der Waals surface area contributed by atoms with Crippen LogP contribution in [0.1, 0.15) is 62.8 Å². The summed E-state index contributed by atoms with van der Waals surface area (Å²) < 4.78 is 32.3. The topological polar surface area (TPSA) is 84.2 Å². The van der Waals surface area contributed by atoms with Gasteiger partial charge in [-0.15, -0.1) is 0 Å². The van der Waals surface area contributed by atoms with Gasteiger partial charge in [0.25, 0.3) is 0 Å². The summed E-state index contributed by atoms with van der Waals surface area (Å²) in [5, 5.41) is 9.33. The molecule has 1 aliphatic heterocycles. The summed E-state index contributed by atoms with van der Waals surface area (Å²) in [5.41, 5.74) is 2.61. The lowest BCUT2D eigenvalue weighted by molar-refractivity contribution is -0.139. The smallest absolute Gasteiger partial charge is 0.335 e. The average molecular weight is 438 g/mol. The molecule has 0 aliphatic carbocycles. The lowest BCUT2D eigenvalue weighted by atomic mass is 9.85. The fraction of sp³-hybridized carbons (Fsp3) is 0.360. The van der Waals surface area contributed by atoms with Crippen molar-refractivity contribution in [2.75, 3.05) is 5.75 Å². The quantitative estimate of drug-likeness (QED) is 0.596. The van der Waals surface area contributed by atoms with Gasteiger partial charge in [0, 0.05) is 12.3 Å². The van der Waals surface area contributed by atoms with Crippen molar-refractivity contribution in [2.45, 2.75) is 51.6 Å². The molecule has 1 heterocycles. The summed E-state index contributed by atoms with van der Waals surface area (Å²) in [6.45, 7) is 7.80. The number of hydrogen-bond donors (Lipinski definition) is 0. The molecule has 0 spiro atoms. The van der Waals surface area contributed by atoms with Crippen LogP contribution in [0.15, 0.2) is 65.1 Å². The van der Waals surface area contributed by atoms with Crippen molar-refractivity contribution in [3.8, 4) is 6.07 Å². The number of nitriles is 1. The van der Waals surface area contributed by atoms with E-state index >= 15 is 0 Å². The predicted octanol–water partition coefficient (Wildman–Crippen LogP) is 4.97. The minimum atomic E-state index is -3.86. The van der Waals surface area contributed by atoms with E-state index in [1.54, 1.807) is 24.3 Å². The molecule has 6 heteroatoms. The van der Waals surface area contributed by atoms with Crippen LogP contribution < -0.4 is 0 Å². The van der Waals surface area contributed by atoms with E-state index < -0.39 is 27.8 Å². The minimum Gasteiger partial charge on any atom is -0.448 e. The maximum absolute atomic E-state index is 13.5. The lowest BCUT2D eigenvalue weighted by Crippen LogP contribution is -2.20. The maximum Gasteiger partial charge on any atom is 0.335 e. The van der Waals surface area contributed by atoms with Crippen molar-refractivity contribution in [3.05, 3.63) is 81.8 Å². The second-order valence-corrected chi connectivity index (χ2v) is 10.9. The molecule has 1 aliphatic rings. The summed E-state index contributed by atoms with van der Waals surface area (Å²) in [4.78, 5) is 12.2. The van der Waals surface area contributed by atoms with Gasteiger partial charge < -0.3 is 4.74 Å². The zero-order valence-corrected chi connectivity index (χ0v) is 19.1. The number of hydrogen-bond acceptors (Lipinski definition) is 5.